The number of aliphatic hydroxyl groups excluding tert-OH is 1. The van der Waals surface area contributed by atoms with Crippen LogP contribution in [0, 0.1) is 0 Å². The second-order valence-corrected chi connectivity index (χ2v) is 4.86. The summed E-state index contributed by atoms with van der Waals surface area (Å²) in [6.07, 6.45) is 4.43. The number of hydrogen-bond acceptors (Lipinski definition) is 3. The minimum atomic E-state index is -3.51. The van der Waals surface area contributed by atoms with Crippen LogP contribution in [0.1, 0.15) is 0 Å². The molecule has 0 aliphatic heterocycles. The monoisotopic (exact) mass is 230 g/mol. The number of aromatic nitrogens is 1. The zero-order valence-electron chi connectivity index (χ0n) is 8.26. The molecule has 0 aliphatic carbocycles. The Morgan fingerprint density at radius 1 is 1.60 bits per heavy atom. The minimum absolute atomic E-state index is 0.0690. The van der Waals surface area contributed by atoms with Gasteiger partial charge in [-0.25, -0.2) is 8.42 Å². The lowest BCUT2D eigenvalue weighted by atomic mass is 10.6. The maximum absolute atomic E-state index is 11.9. The molecule has 15 heavy (non-hydrogen) atoms. The molecule has 84 valence electrons. The summed E-state index contributed by atoms with van der Waals surface area (Å²) in [4.78, 5) is 2.87. The molecule has 1 heterocycles. The molecule has 0 amide bonds. The third-order valence-electron chi connectivity index (χ3n) is 1.89. The van der Waals surface area contributed by atoms with Crippen LogP contribution < -0.4 is 0 Å². The molecule has 0 radical (unpaired) electrons. The fourth-order valence-electron chi connectivity index (χ4n) is 1.18. The lowest BCUT2D eigenvalue weighted by Gasteiger charge is -2.18. The van der Waals surface area contributed by atoms with Crippen molar-refractivity contribution in [1.82, 2.24) is 9.29 Å². The smallest absolute Gasteiger partial charge is 0.244 e. The van der Waals surface area contributed by atoms with Crippen LogP contribution in [-0.4, -0.2) is 42.5 Å². The molecule has 2 N–H and O–H groups in total. The zero-order chi connectivity index (χ0) is 11.3. The Hall–Kier alpha value is -1.11. The highest BCUT2D eigenvalue weighted by Gasteiger charge is 2.22. The van der Waals surface area contributed by atoms with Crippen LogP contribution in [-0.2, 0) is 10.0 Å². The molecule has 1 aromatic heterocycles. The van der Waals surface area contributed by atoms with E-state index in [4.69, 9.17) is 5.11 Å². The lowest BCUT2D eigenvalue weighted by molar-refractivity contribution is 0.260. The number of nitrogens with one attached hydrogen (secondary N) is 1. The molecule has 6 heteroatoms. The second-order valence-electron chi connectivity index (χ2n) is 2.92. The van der Waals surface area contributed by atoms with E-state index in [9.17, 15) is 8.42 Å². The van der Waals surface area contributed by atoms with Gasteiger partial charge in [-0.05, 0) is 6.07 Å². The van der Waals surface area contributed by atoms with E-state index in [2.05, 4.69) is 11.6 Å². The first-order valence-corrected chi connectivity index (χ1v) is 5.91. The summed E-state index contributed by atoms with van der Waals surface area (Å²) >= 11 is 0. The Balaban J connectivity index is 2.96. The van der Waals surface area contributed by atoms with Gasteiger partial charge in [0.25, 0.3) is 0 Å². The first-order chi connectivity index (χ1) is 7.12. The van der Waals surface area contributed by atoms with E-state index in [1.54, 1.807) is 0 Å². The van der Waals surface area contributed by atoms with Gasteiger partial charge in [0.15, 0.2) is 0 Å². The third kappa shape index (κ3) is 2.68. The van der Waals surface area contributed by atoms with E-state index < -0.39 is 10.0 Å². The predicted molar refractivity (Wildman–Crippen MR) is 56.8 cm³/mol. The molecule has 0 unspecified atom stereocenters. The van der Waals surface area contributed by atoms with Crippen molar-refractivity contribution < 1.29 is 13.5 Å². The molecule has 0 fully saturated rings. The van der Waals surface area contributed by atoms with Crippen molar-refractivity contribution >= 4 is 10.0 Å². The van der Waals surface area contributed by atoms with Crippen LogP contribution in [0.25, 0.3) is 0 Å². The summed E-state index contributed by atoms with van der Waals surface area (Å²) in [6.45, 7) is 3.53. The van der Waals surface area contributed by atoms with E-state index in [0.29, 0.717) is 0 Å². The zero-order valence-corrected chi connectivity index (χ0v) is 9.07. The van der Waals surface area contributed by atoms with E-state index in [-0.39, 0.29) is 24.6 Å². The highest BCUT2D eigenvalue weighted by molar-refractivity contribution is 7.89. The molecule has 0 saturated heterocycles. The number of nitrogens with zero attached hydrogens (tertiary/aromatic N) is 1. The molecule has 1 rings (SSSR count). The number of hydrogen-bond donors (Lipinski definition) is 2. The Kier molecular flexibility index (Phi) is 4.07. The SMILES string of the molecule is C=CCN(CCO)S(=O)(=O)c1cc[nH]c1. The van der Waals surface area contributed by atoms with E-state index >= 15 is 0 Å². The Bertz CT molecular complexity index is 397. The summed E-state index contributed by atoms with van der Waals surface area (Å²) < 4.78 is 25.0. The highest BCUT2D eigenvalue weighted by Crippen LogP contribution is 2.13. The van der Waals surface area contributed by atoms with Gasteiger partial charge in [0.2, 0.25) is 10.0 Å². The summed E-state index contributed by atoms with van der Waals surface area (Å²) in [7, 11) is -3.51. The largest absolute Gasteiger partial charge is 0.395 e. The van der Waals surface area contributed by atoms with E-state index in [0.717, 1.165) is 0 Å². The molecule has 0 aliphatic rings. The van der Waals surface area contributed by atoms with Crippen LogP contribution in [0.15, 0.2) is 36.0 Å². The molecule has 0 spiro atoms. The highest BCUT2D eigenvalue weighted by atomic mass is 32.2. The van der Waals surface area contributed by atoms with Crippen molar-refractivity contribution in [2.75, 3.05) is 19.7 Å². The molecule has 5 nitrogen and oxygen atoms in total. The van der Waals surface area contributed by atoms with E-state index in [1.807, 2.05) is 0 Å². The molecule has 0 saturated carbocycles. The van der Waals surface area contributed by atoms with Crippen LogP contribution in [0.4, 0.5) is 0 Å². The van der Waals surface area contributed by atoms with Gasteiger partial charge < -0.3 is 10.1 Å². The van der Waals surface area contributed by atoms with E-state index in [1.165, 1.54) is 28.8 Å². The van der Waals surface area contributed by atoms with Crippen molar-refractivity contribution in [2.24, 2.45) is 0 Å². The molecular weight excluding hydrogens is 216 g/mol. The first kappa shape index (κ1) is 12.0. The van der Waals surface area contributed by atoms with Crippen LogP contribution in [0.3, 0.4) is 0 Å². The summed E-state index contributed by atoms with van der Waals surface area (Å²) in [5.41, 5.74) is 0. The lowest BCUT2D eigenvalue weighted by Crippen LogP contribution is -2.33. The fourth-order valence-corrected chi connectivity index (χ4v) is 2.56. The van der Waals surface area contributed by atoms with Gasteiger partial charge in [0.1, 0.15) is 0 Å². The van der Waals surface area contributed by atoms with Crippen LogP contribution in [0.5, 0.6) is 0 Å². The van der Waals surface area contributed by atoms with Gasteiger partial charge in [0.05, 0.1) is 11.5 Å². The maximum Gasteiger partial charge on any atom is 0.244 e. The van der Waals surface area contributed by atoms with Gasteiger partial charge in [-0.1, -0.05) is 6.08 Å². The number of rotatable bonds is 6. The maximum atomic E-state index is 11.9. The molecule has 0 aromatic carbocycles. The van der Waals surface area contributed by atoms with Gasteiger partial charge in [-0.3, -0.25) is 0 Å². The Morgan fingerprint density at radius 2 is 2.33 bits per heavy atom. The van der Waals surface area contributed by atoms with Crippen molar-refractivity contribution in [3.05, 3.63) is 31.1 Å². The van der Waals surface area contributed by atoms with Gasteiger partial charge >= 0.3 is 0 Å². The van der Waals surface area contributed by atoms with Crippen LogP contribution in [0.2, 0.25) is 0 Å². The summed E-state index contributed by atoms with van der Waals surface area (Å²) in [5, 5.41) is 8.78. The molecule has 0 atom stereocenters. The van der Waals surface area contributed by atoms with Crippen molar-refractivity contribution in [2.45, 2.75) is 4.90 Å². The van der Waals surface area contributed by atoms with Crippen molar-refractivity contribution in [3.8, 4) is 0 Å². The average molecular weight is 230 g/mol. The second kappa shape index (κ2) is 5.11. The van der Waals surface area contributed by atoms with Gasteiger partial charge in [-0.2, -0.15) is 4.31 Å². The van der Waals surface area contributed by atoms with Gasteiger partial charge in [-0.15, -0.1) is 6.58 Å². The summed E-state index contributed by atoms with van der Waals surface area (Å²) in [6, 6.07) is 1.47. The molecule has 0 bridgehead atoms. The Morgan fingerprint density at radius 3 is 2.80 bits per heavy atom. The fraction of sp³-hybridized carbons (Fsp3) is 0.333. The summed E-state index contributed by atoms with van der Waals surface area (Å²) in [5.74, 6) is 0. The van der Waals surface area contributed by atoms with Crippen molar-refractivity contribution in [1.29, 1.82) is 0 Å². The predicted octanol–water partition coefficient (Wildman–Crippen LogP) is 0.184. The number of aliphatic hydroxyl groups is 1. The number of H-pyrrole nitrogens is 1. The standard InChI is InChI=1S/C9H14N2O3S/c1-2-5-11(6-7-12)15(13,14)9-3-4-10-8-9/h2-4,8,10,12H,1,5-7H2. The number of aromatic amines is 1. The first-order valence-electron chi connectivity index (χ1n) is 4.47. The quantitative estimate of drug-likeness (QED) is 0.685. The topological polar surface area (TPSA) is 73.4 Å². The average Bonchev–Trinajstić information content (AvgIpc) is 2.70. The van der Waals surface area contributed by atoms with Crippen molar-refractivity contribution in [3.63, 3.8) is 0 Å². The van der Waals surface area contributed by atoms with Crippen LogP contribution >= 0.6 is 0 Å². The Labute approximate surface area is 89.1 Å². The molecule has 1 aromatic rings. The number of sulfonamides is 1. The normalized spacial score (nSPS) is 11.9. The molecular formula is C9H14N2O3S. The van der Waals surface area contributed by atoms with Gasteiger partial charge in [0, 0.05) is 25.5 Å². The minimum Gasteiger partial charge on any atom is -0.395 e. The third-order valence-corrected chi connectivity index (χ3v) is 3.75.